The largest absolute Gasteiger partial charge is 0.463 e. The summed E-state index contributed by atoms with van der Waals surface area (Å²) in [6.07, 6.45) is 38.9. The lowest BCUT2D eigenvalue weighted by Crippen LogP contribution is -2.53. The van der Waals surface area contributed by atoms with Crippen LogP contribution in [-0.2, 0) is 19.1 Å². The van der Waals surface area contributed by atoms with Gasteiger partial charge in [0.25, 0.3) is 0 Å². The van der Waals surface area contributed by atoms with E-state index in [1.807, 2.05) is 0 Å². The van der Waals surface area contributed by atoms with Crippen LogP contribution in [0.25, 0.3) is 0 Å². The van der Waals surface area contributed by atoms with Gasteiger partial charge in [0.2, 0.25) is 0 Å². The third-order valence-corrected chi connectivity index (χ3v) is 20.2. The molecule has 8 nitrogen and oxygen atoms in total. The number of aliphatic hydroxyl groups is 2. The highest BCUT2D eigenvalue weighted by molar-refractivity contribution is 5.69. The van der Waals surface area contributed by atoms with Gasteiger partial charge in [-0.1, -0.05) is 27.7 Å². The third-order valence-electron chi connectivity index (χ3n) is 20.2. The maximum Gasteiger partial charge on any atom is 0.305 e. The van der Waals surface area contributed by atoms with Crippen molar-refractivity contribution in [3.8, 4) is 0 Å². The summed E-state index contributed by atoms with van der Waals surface area (Å²) in [7, 11) is 0. The molecule has 64 heavy (non-hydrogen) atoms. The Labute approximate surface area is 391 Å². The zero-order valence-corrected chi connectivity index (χ0v) is 41.7. The highest BCUT2D eigenvalue weighted by atomic mass is 16.5. The van der Waals surface area contributed by atoms with Crippen LogP contribution < -0.4 is 0 Å². The van der Waals surface area contributed by atoms with Crippen LogP contribution in [0.3, 0.4) is 0 Å². The minimum absolute atomic E-state index is 0.0865. The average Bonchev–Trinajstić information content (AvgIpc) is 3.32. The molecule has 6 atom stereocenters. The SMILES string of the molecule is CC1CCC(N(C2CCC(CCC(=O)OCCO)CC2)C2CCC(C3CCC(C4CCC(N(C5CCC(CCC(=O)OCCO)CC5)C5CCC(C)C(C)C5)CC4)CC3)CC2)CC1C. The van der Waals surface area contributed by atoms with Crippen molar-refractivity contribution in [2.45, 2.75) is 257 Å². The van der Waals surface area contributed by atoms with E-state index in [0.717, 1.165) is 96.4 Å². The third kappa shape index (κ3) is 14.0. The molecule has 8 heteroatoms. The van der Waals surface area contributed by atoms with Crippen molar-refractivity contribution < 1.29 is 29.3 Å². The molecule has 7 saturated carbocycles. The van der Waals surface area contributed by atoms with Gasteiger partial charge in [0.15, 0.2) is 0 Å². The Bertz CT molecular complexity index is 1250. The second-order valence-electron chi connectivity index (χ2n) is 23.9. The topological polar surface area (TPSA) is 99.5 Å². The predicted octanol–water partition coefficient (Wildman–Crippen LogP) is 11.9. The van der Waals surface area contributed by atoms with E-state index < -0.39 is 0 Å². The highest BCUT2D eigenvalue weighted by Crippen LogP contribution is 2.49. The molecule has 0 aromatic rings. The van der Waals surface area contributed by atoms with E-state index in [9.17, 15) is 9.59 Å². The van der Waals surface area contributed by atoms with Gasteiger partial charge in [-0.15, -0.1) is 0 Å². The normalized spacial score (nSPS) is 40.2. The fourth-order valence-electron chi connectivity index (χ4n) is 15.8. The lowest BCUT2D eigenvalue weighted by molar-refractivity contribution is -0.145. The van der Waals surface area contributed by atoms with Gasteiger partial charge in [-0.25, -0.2) is 0 Å². The minimum Gasteiger partial charge on any atom is -0.463 e. The lowest BCUT2D eigenvalue weighted by Gasteiger charge is -2.51. The first-order valence-corrected chi connectivity index (χ1v) is 28.2. The summed E-state index contributed by atoms with van der Waals surface area (Å²) in [4.78, 5) is 30.6. The van der Waals surface area contributed by atoms with Gasteiger partial charge in [-0.2, -0.15) is 0 Å². The fourth-order valence-corrected chi connectivity index (χ4v) is 15.8. The molecule has 368 valence electrons. The Kier molecular flexibility index (Phi) is 20.1. The van der Waals surface area contributed by atoms with Crippen LogP contribution in [0.4, 0.5) is 0 Å². The number of carbonyl (C=O) groups excluding carboxylic acids is 2. The highest BCUT2D eigenvalue weighted by Gasteiger charge is 2.43. The van der Waals surface area contributed by atoms with Gasteiger partial charge in [0.05, 0.1) is 13.2 Å². The number of carbonyl (C=O) groups is 2. The average molecular weight is 895 g/mol. The van der Waals surface area contributed by atoms with Crippen molar-refractivity contribution in [1.82, 2.24) is 9.80 Å². The first-order chi connectivity index (χ1) is 31.1. The predicted molar refractivity (Wildman–Crippen MR) is 259 cm³/mol. The summed E-state index contributed by atoms with van der Waals surface area (Å²) in [6.45, 7) is 10.1. The molecule has 0 aromatic carbocycles. The van der Waals surface area contributed by atoms with E-state index in [1.54, 1.807) is 0 Å². The first-order valence-electron chi connectivity index (χ1n) is 28.2. The summed E-state index contributed by atoms with van der Waals surface area (Å²) >= 11 is 0. The number of esters is 2. The maximum atomic E-state index is 12.1. The summed E-state index contributed by atoms with van der Waals surface area (Å²) in [5.74, 6) is 8.19. The van der Waals surface area contributed by atoms with Crippen molar-refractivity contribution in [2.75, 3.05) is 26.4 Å². The molecule has 2 N–H and O–H groups in total. The van der Waals surface area contributed by atoms with Crippen LogP contribution in [0.5, 0.6) is 0 Å². The van der Waals surface area contributed by atoms with Crippen LogP contribution in [0.1, 0.15) is 220 Å². The molecule has 0 heterocycles. The van der Waals surface area contributed by atoms with E-state index in [0.29, 0.717) is 24.7 Å². The molecule has 6 unspecified atom stereocenters. The Morgan fingerprint density at radius 1 is 0.391 bits per heavy atom. The molecular formula is C56H98N2O6. The summed E-state index contributed by atoms with van der Waals surface area (Å²) < 4.78 is 10.3. The zero-order chi connectivity index (χ0) is 45.0. The van der Waals surface area contributed by atoms with Crippen molar-refractivity contribution >= 4 is 11.9 Å². The molecule has 0 bridgehead atoms. The van der Waals surface area contributed by atoms with Crippen LogP contribution >= 0.6 is 0 Å². The Hall–Kier alpha value is -1.22. The fraction of sp³-hybridized carbons (Fsp3) is 0.964. The summed E-state index contributed by atoms with van der Waals surface area (Å²) in [6, 6.07) is 4.51. The zero-order valence-electron chi connectivity index (χ0n) is 41.7. The van der Waals surface area contributed by atoms with Crippen LogP contribution in [0.15, 0.2) is 0 Å². The van der Waals surface area contributed by atoms with Crippen molar-refractivity contribution in [1.29, 1.82) is 0 Å². The number of aliphatic hydroxyl groups excluding tert-OH is 2. The number of hydrogen-bond donors (Lipinski definition) is 2. The molecule has 0 aliphatic heterocycles. The molecule has 0 amide bonds. The Balaban J connectivity index is 0.863. The van der Waals surface area contributed by atoms with Gasteiger partial charge in [-0.05, 0) is 239 Å². The van der Waals surface area contributed by atoms with Crippen LogP contribution in [0, 0.1) is 59.2 Å². The van der Waals surface area contributed by atoms with E-state index in [1.165, 1.54) is 167 Å². The molecule has 0 aromatic heterocycles. The Morgan fingerprint density at radius 3 is 0.969 bits per heavy atom. The lowest BCUT2D eigenvalue weighted by atomic mass is 9.65. The molecule has 0 radical (unpaired) electrons. The standard InChI is InChI=1S/C56H98N2O6/c1-39-5-21-53(37-41(39)3)57(49-23-7-43(8-24-49)11-31-55(61)63-35-33-59)51-27-17-47(18-28-51)45-13-15-46(16-14-45)48-19-29-52(30-20-48)58(54-22-6-40(2)42(4)38-54)50-25-9-44(10-26-50)12-32-56(62)64-36-34-60/h39-54,59-60H,5-38H2,1-4H3. The number of rotatable bonds is 18. The van der Waals surface area contributed by atoms with Crippen LogP contribution in [0.2, 0.25) is 0 Å². The van der Waals surface area contributed by atoms with E-state index in [2.05, 4.69) is 37.5 Å². The first kappa shape index (κ1) is 50.7. The van der Waals surface area contributed by atoms with E-state index in [4.69, 9.17) is 19.7 Å². The van der Waals surface area contributed by atoms with Gasteiger partial charge in [-0.3, -0.25) is 19.4 Å². The van der Waals surface area contributed by atoms with Crippen molar-refractivity contribution in [3.63, 3.8) is 0 Å². The Morgan fingerprint density at radius 2 is 0.672 bits per heavy atom. The van der Waals surface area contributed by atoms with E-state index >= 15 is 0 Å². The van der Waals surface area contributed by atoms with Crippen molar-refractivity contribution in [3.05, 3.63) is 0 Å². The molecule has 7 aliphatic rings. The number of hydrogen-bond acceptors (Lipinski definition) is 8. The molecule has 7 rings (SSSR count). The second-order valence-corrected chi connectivity index (χ2v) is 23.9. The molecule has 7 fully saturated rings. The molecular weight excluding hydrogens is 797 g/mol. The second kappa shape index (κ2) is 25.4. The maximum absolute atomic E-state index is 12.1. The molecule has 0 spiro atoms. The summed E-state index contributed by atoms with van der Waals surface area (Å²) in [5, 5.41) is 18.0. The molecule has 0 saturated heterocycles. The van der Waals surface area contributed by atoms with Gasteiger partial charge >= 0.3 is 11.9 Å². The van der Waals surface area contributed by atoms with Crippen molar-refractivity contribution in [2.24, 2.45) is 59.2 Å². The van der Waals surface area contributed by atoms with Gasteiger partial charge in [0, 0.05) is 49.1 Å². The number of ether oxygens (including phenoxy) is 2. The number of nitrogens with zero attached hydrogens (tertiary/aromatic N) is 2. The summed E-state index contributed by atoms with van der Waals surface area (Å²) in [5.41, 5.74) is 0. The van der Waals surface area contributed by atoms with Gasteiger partial charge in [0.1, 0.15) is 13.2 Å². The monoisotopic (exact) mass is 895 g/mol. The minimum atomic E-state index is -0.140. The van der Waals surface area contributed by atoms with Gasteiger partial charge < -0.3 is 19.7 Å². The van der Waals surface area contributed by atoms with Crippen LogP contribution in [-0.4, -0.2) is 94.6 Å². The smallest absolute Gasteiger partial charge is 0.305 e. The van der Waals surface area contributed by atoms with E-state index in [-0.39, 0.29) is 38.4 Å². The quantitative estimate of drug-likeness (QED) is 0.131. The molecule has 7 aliphatic carbocycles.